The highest BCUT2D eigenvalue weighted by molar-refractivity contribution is 5.94. The molecule has 0 aromatic heterocycles. The van der Waals surface area contributed by atoms with Crippen LogP contribution in [0.4, 0.5) is 5.69 Å². The van der Waals surface area contributed by atoms with Crippen LogP contribution >= 0.6 is 0 Å². The molecule has 2 aliphatic carbocycles. The summed E-state index contributed by atoms with van der Waals surface area (Å²) >= 11 is 0. The monoisotopic (exact) mass is 275 g/mol. The lowest BCUT2D eigenvalue weighted by Crippen LogP contribution is -2.27. The third-order valence-corrected chi connectivity index (χ3v) is 4.74. The van der Waals surface area contributed by atoms with E-state index in [1.807, 2.05) is 12.1 Å². The van der Waals surface area contributed by atoms with Crippen LogP contribution in [0.1, 0.15) is 25.7 Å². The minimum atomic E-state index is 0.140. The Hall–Kier alpha value is -1.71. The number of ether oxygens (including phenoxy) is 2. The van der Waals surface area contributed by atoms with E-state index < -0.39 is 0 Å². The van der Waals surface area contributed by atoms with Crippen LogP contribution in [0.3, 0.4) is 0 Å². The topological polar surface area (TPSA) is 47.6 Å². The van der Waals surface area contributed by atoms with Crippen LogP contribution in [0, 0.1) is 17.8 Å². The molecule has 2 aliphatic rings. The fourth-order valence-electron chi connectivity index (χ4n) is 3.69. The first-order chi connectivity index (χ1) is 9.71. The number of hydrogen-bond donors (Lipinski definition) is 1. The van der Waals surface area contributed by atoms with Crippen molar-refractivity contribution in [3.8, 4) is 11.5 Å². The van der Waals surface area contributed by atoms with Crippen LogP contribution in [0.5, 0.6) is 11.5 Å². The molecule has 0 spiro atoms. The molecule has 0 saturated heterocycles. The van der Waals surface area contributed by atoms with E-state index in [9.17, 15) is 4.79 Å². The fraction of sp³-hybridized carbons (Fsp3) is 0.562. The second-order valence-corrected chi connectivity index (χ2v) is 5.84. The van der Waals surface area contributed by atoms with Gasteiger partial charge in [0.25, 0.3) is 0 Å². The minimum Gasteiger partial charge on any atom is -0.497 e. The number of methoxy groups -OCH3 is 2. The summed E-state index contributed by atoms with van der Waals surface area (Å²) in [7, 11) is 3.21. The highest BCUT2D eigenvalue weighted by Crippen LogP contribution is 2.48. The molecule has 0 heterocycles. The maximum absolute atomic E-state index is 12.4. The first-order valence-electron chi connectivity index (χ1n) is 7.24. The molecule has 2 saturated carbocycles. The van der Waals surface area contributed by atoms with Gasteiger partial charge in [0.15, 0.2) is 0 Å². The molecule has 1 amide bonds. The molecule has 3 atom stereocenters. The normalized spacial score (nSPS) is 27.4. The first kappa shape index (κ1) is 13.3. The molecular formula is C16H21NO3. The van der Waals surface area contributed by atoms with Gasteiger partial charge >= 0.3 is 0 Å². The Morgan fingerprint density at radius 2 is 2.05 bits per heavy atom. The zero-order chi connectivity index (χ0) is 14.1. The summed E-state index contributed by atoms with van der Waals surface area (Å²) in [5, 5.41) is 3.02. The standard InChI is InChI=1S/C16H21NO3/c1-19-12-5-6-14(15(9-12)20-2)17-16(18)13-8-10-3-4-11(13)7-10/h5-6,9-11,13H,3-4,7-8H2,1-2H3,(H,17,18)/t10-,11-,13+/m1/s1. The highest BCUT2D eigenvalue weighted by atomic mass is 16.5. The molecule has 1 N–H and O–H groups in total. The second-order valence-electron chi connectivity index (χ2n) is 5.84. The number of carbonyl (C=O) groups is 1. The van der Waals surface area contributed by atoms with E-state index in [0.29, 0.717) is 11.7 Å². The summed E-state index contributed by atoms with van der Waals surface area (Å²) in [6.07, 6.45) is 4.80. The van der Waals surface area contributed by atoms with Gasteiger partial charge in [0.2, 0.25) is 5.91 Å². The van der Waals surface area contributed by atoms with Gasteiger partial charge in [-0.15, -0.1) is 0 Å². The molecule has 1 aromatic carbocycles. The third-order valence-electron chi connectivity index (χ3n) is 4.74. The molecule has 2 fully saturated rings. The van der Waals surface area contributed by atoms with Crippen molar-refractivity contribution in [3.05, 3.63) is 18.2 Å². The van der Waals surface area contributed by atoms with Gasteiger partial charge in [-0.1, -0.05) is 6.42 Å². The van der Waals surface area contributed by atoms with E-state index in [-0.39, 0.29) is 11.8 Å². The lowest BCUT2D eigenvalue weighted by molar-refractivity contribution is -0.121. The van der Waals surface area contributed by atoms with Crippen molar-refractivity contribution in [3.63, 3.8) is 0 Å². The van der Waals surface area contributed by atoms with Crippen LogP contribution in [0.25, 0.3) is 0 Å². The van der Waals surface area contributed by atoms with Crippen LogP contribution < -0.4 is 14.8 Å². The van der Waals surface area contributed by atoms with E-state index in [0.717, 1.165) is 23.8 Å². The lowest BCUT2D eigenvalue weighted by Gasteiger charge is -2.21. The Balaban J connectivity index is 1.72. The molecule has 4 heteroatoms. The number of carbonyl (C=O) groups excluding carboxylic acids is 1. The van der Waals surface area contributed by atoms with E-state index in [2.05, 4.69) is 5.32 Å². The van der Waals surface area contributed by atoms with E-state index in [4.69, 9.17) is 9.47 Å². The molecule has 0 aliphatic heterocycles. The summed E-state index contributed by atoms with van der Waals surface area (Å²) in [4.78, 5) is 12.4. The number of benzene rings is 1. The number of rotatable bonds is 4. The minimum absolute atomic E-state index is 0.140. The molecule has 108 valence electrons. The van der Waals surface area contributed by atoms with Crippen molar-refractivity contribution in [1.29, 1.82) is 0 Å². The largest absolute Gasteiger partial charge is 0.497 e. The number of amides is 1. The molecular weight excluding hydrogens is 254 g/mol. The van der Waals surface area contributed by atoms with Crippen LogP contribution in [-0.4, -0.2) is 20.1 Å². The fourth-order valence-corrected chi connectivity index (χ4v) is 3.69. The van der Waals surface area contributed by atoms with Crippen molar-refractivity contribution < 1.29 is 14.3 Å². The zero-order valence-corrected chi connectivity index (χ0v) is 12.0. The average Bonchev–Trinajstić information content (AvgIpc) is 3.10. The van der Waals surface area contributed by atoms with Crippen molar-refractivity contribution in [2.24, 2.45) is 17.8 Å². The smallest absolute Gasteiger partial charge is 0.227 e. The molecule has 3 rings (SSSR count). The summed E-state index contributed by atoms with van der Waals surface area (Å²) < 4.78 is 10.5. The molecule has 0 radical (unpaired) electrons. The molecule has 4 nitrogen and oxygen atoms in total. The van der Waals surface area contributed by atoms with Gasteiger partial charge in [-0.25, -0.2) is 0 Å². The Kier molecular flexibility index (Phi) is 3.55. The summed E-state index contributed by atoms with van der Waals surface area (Å²) in [5.74, 6) is 3.04. The van der Waals surface area contributed by atoms with Crippen molar-refractivity contribution in [1.82, 2.24) is 0 Å². The van der Waals surface area contributed by atoms with Gasteiger partial charge in [-0.05, 0) is 43.2 Å². The lowest BCUT2D eigenvalue weighted by atomic mass is 9.88. The van der Waals surface area contributed by atoms with Crippen LogP contribution in [-0.2, 0) is 4.79 Å². The first-order valence-corrected chi connectivity index (χ1v) is 7.24. The Bertz CT molecular complexity index is 514. The highest BCUT2D eigenvalue weighted by Gasteiger charge is 2.43. The van der Waals surface area contributed by atoms with Crippen LogP contribution in [0.2, 0.25) is 0 Å². The van der Waals surface area contributed by atoms with Gasteiger partial charge in [0.1, 0.15) is 11.5 Å². The maximum atomic E-state index is 12.4. The number of hydrogen-bond acceptors (Lipinski definition) is 3. The van der Waals surface area contributed by atoms with E-state index in [1.165, 1.54) is 19.3 Å². The molecule has 0 unspecified atom stereocenters. The molecule has 1 aromatic rings. The summed E-state index contributed by atoms with van der Waals surface area (Å²) in [5.41, 5.74) is 0.723. The van der Waals surface area contributed by atoms with Crippen molar-refractivity contribution >= 4 is 11.6 Å². The van der Waals surface area contributed by atoms with Gasteiger partial charge in [0.05, 0.1) is 19.9 Å². The molecule has 2 bridgehead atoms. The quantitative estimate of drug-likeness (QED) is 0.918. The predicted molar refractivity (Wildman–Crippen MR) is 77.1 cm³/mol. The Labute approximate surface area is 119 Å². The molecule has 20 heavy (non-hydrogen) atoms. The van der Waals surface area contributed by atoms with Crippen molar-refractivity contribution in [2.75, 3.05) is 19.5 Å². The number of nitrogens with one attached hydrogen (secondary N) is 1. The Morgan fingerprint density at radius 1 is 1.20 bits per heavy atom. The van der Waals surface area contributed by atoms with E-state index in [1.54, 1.807) is 20.3 Å². The summed E-state index contributed by atoms with van der Waals surface area (Å²) in [6.45, 7) is 0. The zero-order valence-electron chi connectivity index (χ0n) is 12.0. The van der Waals surface area contributed by atoms with Gasteiger partial charge in [-0.3, -0.25) is 4.79 Å². The number of anilines is 1. The maximum Gasteiger partial charge on any atom is 0.227 e. The second kappa shape index (κ2) is 5.35. The SMILES string of the molecule is COc1ccc(NC(=O)[C@H]2C[C@@H]3CC[C@@H]2C3)c(OC)c1. The summed E-state index contributed by atoms with van der Waals surface area (Å²) in [6, 6.07) is 5.46. The number of fused-ring (bicyclic) bond motifs is 2. The Morgan fingerprint density at radius 3 is 2.65 bits per heavy atom. The van der Waals surface area contributed by atoms with E-state index >= 15 is 0 Å². The van der Waals surface area contributed by atoms with Crippen molar-refractivity contribution in [2.45, 2.75) is 25.7 Å². The third kappa shape index (κ3) is 2.35. The van der Waals surface area contributed by atoms with Gasteiger partial charge < -0.3 is 14.8 Å². The van der Waals surface area contributed by atoms with Crippen LogP contribution in [0.15, 0.2) is 18.2 Å². The predicted octanol–water partition coefficient (Wildman–Crippen LogP) is 3.08. The van der Waals surface area contributed by atoms with Gasteiger partial charge in [0, 0.05) is 12.0 Å². The van der Waals surface area contributed by atoms with Gasteiger partial charge in [-0.2, -0.15) is 0 Å². The average molecular weight is 275 g/mol.